The Morgan fingerprint density at radius 1 is 0.767 bits per heavy atom. The van der Waals surface area contributed by atoms with Crippen molar-refractivity contribution < 1.29 is 28.5 Å². The Kier molecular flexibility index (Phi) is 15.8. The van der Waals surface area contributed by atoms with Gasteiger partial charge < -0.3 is 30.0 Å². The highest BCUT2D eigenvalue weighted by Crippen LogP contribution is 2.29. The molecule has 0 aliphatic rings. The van der Waals surface area contributed by atoms with E-state index in [0.29, 0.717) is 43.4 Å². The molecule has 0 aliphatic heterocycles. The Balaban J connectivity index is 0.000000255. The number of nitrogens with two attached hydrogens (primary N) is 1. The van der Waals surface area contributed by atoms with Gasteiger partial charge >= 0.3 is 0 Å². The minimum Gasteiger partial charge on any atom is -0.355 e. The highest BCUT2D eigenvalue weighted by atomic mass is 35.5. The van der Waals surface area contributed by atoms with Crippen LogP contribution >= 0.6 is 58.0 Å². The number of pyridine rings is 2. The number of amides is 1. The van der Waals surface area contributed by atoms with E-state index in [9.17, 15) is 9.59 Å². The summed E-state index contributed by atoms with van der Waals surface area (Å²) < 4.78 is 19.4. The summed E-state index contributed by atoms with van der Waals surface area (Å²) in [6.07, 6.45) is 2.03. The number of nitrogens with one attached hydrogen (secondary N) is 1. The first-order valence-corrected chi connectivity index (χ1v) is 14.2. The lowest BCUT2D eigenvalue weighted by molar-refractivity contribution is -0.0974. The molecule has 4 rings (SSSR count). The first kappa shape index (κ1) is 36.8. The number of benzene rings is 2. The average Bonchev–Trinajstić information content (AvgIpc) is 3.00. The number of carbonyl (C=O) groups excluding carboxylic acids is 2. The second-order valence-corrected chi connectivity index (χ2v) is 10.3. The SMILES string of the molecule is COC(CN)OC.COC(CNC(=O)c1cnc2ccc(Cl)cc2c1Cl)OC.O=C(Cl)c1cnc2ccc(Cl)cc2c1Cl. The third kappa shape index (κ3) is 10.6. The lowest BCUT2D eigenvalue weighted by atomic mass is 10.1. The van der Waals surface area contributed by atoms with Gasteiger partial charge in [-0.05, 0) is 48.0 Å². The minimum atomic E-state index is -0.630. The molecule has 43 heavy (non-hydrogen) atoms. The zero-order chi connectivity index (χ0) is 32.1. The van der Waals surface area contributed by atoms with Crippen molar-refractivity contribution in [2.45, 2.75) is 12.6 Å². The van der Waals surface area contributed by atoms with Gasteiger partial charge in [0.15, 0.2) is 12.6 Å². The largest absolute Gasteiger partial charge is 0.355 e. The van der Waals surface area contributed by atoms with Gasteiger partial charge in [0, 0.05) is 68.2 Å². The Morgan fingerprint density at radius 3 is 1.60 bits per heavy atom. The molecule has 2 aromatic heterocycles. The maximum atomic E-state index is 12.2. The van der Waals surface area contributed by atoms with E-state index in [1.807, 2.05) is 0 Å². The van der Waals surface area contributed by atoms with Crippen LogP contribution in [-0.2, 0) is 18.9 Å². The van der Waals surface area contributed by atoms with Crippen LogP contribution in [0.2, 0.25) is 20.1 Å². The molecule has 0 saturated carbocycles. The van der Waals surface area contributed by atoms with Gasteiger partial charge in [-0.1, -0.05) is 46.4 Å². The van der Waals surface area contributed by atoms with E-state index in [-0.39, 0.29) is 34.9 Å². The minimum absolute atomic E-state index is 0.188. The first-order chi connectivity index (χ1) is 20.5. The summed E-state index contributed by atoms with van der Waals surface area (Å²) in [5.74, 6) is -0.353. The highest BCUT2D eigenvalue weighted by Gasteiger charge is 2.16. The molecule has 0 spiro atoms. The number of hydrogen-bond acceptors (Lipinski definition) is 9. The van der Waals surface area contributed by atoms with Crippen molar-refractivity contribution in [3.05, 3.63) is 80.0 Å². The van der Waals surface area contributed by atoms with Gasteiger partial charge in [0.25, 0.3) is 11.1 Å². The Morgan fingerprint density at radius 2 is 1.21 bits per heavy atom. The van der Waals surface area contributed by atoms with Crippen molar-refractivity contribution >= 4 is 91.0 Å². The highest BCUT2D eigenvalue weighted by molar-refractivity contribution is 6.69. The summed E-state index contributed by atoms with van der Waals surface area (Å²) in [7, 11) is 6.10. The van der Waals surface area contributed by atoms with E-state index < -0.39 is 11.5 Å². The summed E-state index contributed by atoms with van der Waals surface area (Å²) in [4.78, 5) is 31.4. The van der Waals surface area contributed by atoms with Crippen LogP contribution in [0.1, 0.15) is 20.7 Å². The molecule has 0 bridgehead atoms. The number of hydrogen-bond donors (Lipinski definition) is 2. The van der Waals surface area contributed by atoms with Crippen molar-refractivity contribution in [2.24, 2.45) is 5.73 Å². The summed E-state index contributed by atoms with van der Waals surface area (Å²) in [5.41, 5.74) is 6.95. The third-order valence-corrected chi connectivity index (χ3v) is 7.15. The molecule has 0 atom stereocenters. The number of ether oxygens (including phenoxy) is 4. The molecule has 0 saturated heterocycles. The zero-order valence-electron chi connectivity index (χ0n) is 23.5. The molecular weight excluding hydrogens is 666 g/mol. The van der Waals surface area contributed by atoms with Gasteiger partial charge in [-0.25, -0.2) is 0 Å². The fourth-order valence-corrected chi connectivity index (χ4v) is 4.49. The molecule has 2 aromatic carbocycles. The number of nitrogens with zero attached hydrogens (tertiary/aromatic N) is 2. The summed E-state index contributed by atoms with van der Waals surface area (Å²) in [5, 5.41) is 4.95. The van der Waals surface area contributed by atoms with Crippen LogP contribution in [0.4, 0.5) is 0 Å². The van der Waals surface area contributed by atoms with Crippen LogP contribution in [-0.4, -0.2) is 75.2 Å². The maximum absolute atomic E-state index is 12.2. The van der Waals surface area contributed by atoms with Crippen LogP contribution in [0.25, 0.3) is 21.8 Å². The molecule has 15 heteroatoms. The van der Waals surface area contributed by atoms with E-state index in [4.69, 9.17) is 82.7 Å². The third-order valence-electron chi connectivity index (χ3n) is 5.66. The van der Waals surface area contributed by atoms with Gasteiger partial charge in [0.1, 0.15) is 0 Å². The van der Waals surface area contributed by atoms with Crippen LogP contribution in [0.15, 0.2) is 48.8 Å². The van der Waals surface area contributed by atoms with Crippen molar-refractivity contribution in [3.63, 3.8) is 0 Å². The number of rotatable bonds is 9. The molecule has 0 radical (unpaired) electrons. The summed E-state index contributed by atoms with van der Waals surface area (Å²) in [6.45, 7) is 0.614. The summed E-state index contributed by atoms with van der Waals surface area (Å²) >= 11 is 29.4. The molecule has 0 fully saturated rings. The Hall–Kier alpha value is -2.35. The molecular formula is C28H29Cl5N4O6. The molecule has 2 heterocycles. The normalized spacial score (nSPS) is 10.8. The van der Waals surface area contributed by atoms with E-state index in [1.54, 1.807) is 50.6 Å². The topological polar surface area (TPSA) is 135 Å². The number of halogens is 5. The number of methoxy groups -OCH3 is 4. The van der Waals surface area contributed by atoms with Crippen LogP contribution in [0.3, 0.4) is 0 Å². The van der Waals surface area contributed by atoms with Crippen LogP contribution in [0.5, 0.6) is 0 Å². The Labute approximate surface area is 273 Å². The van der Waals surface area contributed by atoms with Crippen molar-refractivity contribution in [3.8, 4) is 0 Å². The summed E-state index contributed by atoms with van der Waals surface area (Å²) in [6, 6.07) is 10.2. The van der Waals surface area contributed by atoms with E-state index in [1.165, 1.54) is 26.6 Å². The quantitative estimate of drug-likeness (QED) is 0.151. The van der Waals surface area contributed by atoms with Crippen molar-refractivity contribution in [1.82, 2.24) is 15.3 Å². The van der Waals surface area contributed by atoms with Crippen molar-refractivity contribution in [1.29, 1.82) is 0 Å². The van der Waals surface area contributed by atoms with E-state index in [2.05, 4.69) is 15.3 Å². The monoisotopic (exact) mass is 692 g/mol. The van der Waals surface area contributed by atoms with E-state index >= 15 is 0 Å². The molecule has 0 aliphatic carbocycles. The van der Waals surface area contributed by atoms with Crippen LogP contribution < -0.4 is 11.1 Å². The second kappa shape index (κ2) is 18.5. The van der Waals surface area contributed by atoms with Gasteiger partial charge in [-0.2, -0.15) is 0 Å². The Bertz CT molecular complexity index is 1530. The zero-order valence-corrected chi connectivity index (χ0v) is 27.3. The molecule has 10 nitrogen and oxygen atoms in total. The molecule has 3 N–H and O–H groups in total. The van der Waals surface area contributed by atoms with Gasteiger partial charge in [0.05, 0.1) is 38.8 Å². The molecule has 232 valence electrons. The van der Waals surface area contributed by atoms with Gasteiger partial charge in [-0.15, -0.1) is 0 Å². The second-order valence-electron chi connectivity index (χ2n) is 8.32. The molecule has 4 aromatic rings. The molecule has 1 amide bonds. The fraction of sp³-hybridized carbons (Fsp3) is 0.286. The number of aromatic nitrogens is 2. The van der Waals surface area contributed by atoms with Crippen molar-refractivity contribution in [2.75, 3.05) is 41.5 Å². The lowest BCUT2D eigenvalue weighted by Gasteiger charge is -2.14. The number of carbonyl (C=O) groups is 2. The predicted molar refractivity (Wildman–Crippen MR) is 171 cm³/mol. The maximum Gasteiger partial charge on any atom is 0.255 e. The van der Waals surface area contributed by atoms with Gasteiger partial charge in [-0.3, -0.25) is 19.6 Å². The molecule has 0 unspecified atom stereocenters. The predicted octanol–water partition coefficient (Wildman–Crippen LogP) is 6.37. The van der Waals surface area contributed by atoms with Crippen LogP contribution in [0, 0.1) is 0 Å². The number of fused-ring (bicyclic) bond motifs is 2. The average molecular weight is 695 g/mol. The van der Waals surface area contributed by atoms with Gasteiger partial charge in [0.2, 0.25) is 0 Å². The standard InChI is InChI=1S/C14H14Cl2N2O3.C10H4Cl3NO.C4H11NO2/c1-20-12(21-2)7-18-14(19)10-6-17-11-4-3-8(15)5-9(11)13(10)16;11-5-1-2-8-6(3-5)9(12)7(4-14-8)10(13)15;1-6-4(3-5)7-2/h3-6,12H,7H2,1-2H3,(H,18,19);1-4H;4H,3,5H2,1-2H3. The lowest BCUT2D eigenvalue weighted by Crippen LogP contribution is -2.34. The fourth-order valence-electron chi connectivity index (χ4n) is 3.38. The smallest absolute Gasteiger partial charge is 0.255 e. The first-order valence-electron chi connectivity index (χ1n) is 12.3. The van der Waals surface area contributed by atoms with E-state index in [0.717, 1.165) is 0 Å².